The molecule has 0 saturated carbocycles. The van der Waals surface area contributed by atoms with Crippen molar-refractivity contribution in [2.24, 2.45) is 0 Å². The van der Waals surface area contributed by atoms with E-state index in [1.807, 2.05) is 0 Å². The molecule has 3 rings (SSSR count). The summed E-state index contributed by atoms with van der Waals surface area (Å²) in [7, 11) is 0. The maximum atomic E-state index is 13.1. The van der Waals surface area contributed by atoms with Crippen LogP contribution in [0.2, 0.25) is 0 Å². The average Bonchev–Trinajstić information content (AvgIpc) is 3.04. The summed E-state index contributed by atoms with van der Waals surface area (Å²) in [5, 5.41) is 0. The van der Waals surface area contributed by atoms with E-state index in [0.717, 1.165) is 16.9 Å². The first-order chi connectivity index (χ1) is 12.8. The van der Waals surface area contributed by atoms with Crippen molar-refractivity contribution in [3.63, 3.8) is 0 Å². The van der Waals surface area contributed by atoms with Gasteiger partial charge in [-0.05, 0) is 37.0 Å². The Morgan fingerprint density at radius 3 is 2.74 bits per heavy atom. The largest absolute Gasteiger partial charge is 0.406 e. The molecule has 2 aliphatic heterocycles. The third-order valence-electron chi connectivity index (χ3n) is 4.91. The van der Waals surface area contributed by atoms with Gasteiger partial charge in [0.25, 0.3) is 5.91 Å². The molecule has 0 aliphatic carbocycles. The van der Waals surface area contributed by atoms with Gasteiger partial charge in [0.05, 0.1) is 12.6 Å². The van der Waals surface area contributed by atoms with E-state index >= 15 is 0 Å². The molecule has 1 aromatic carbocycles. The lowest BCUT2D eigenvalue weighted by Gasteiger charge is -2.34. The molecule has 1 aromatic rings. The highest BCUT2D eigenvalue weighted by Crippen LogP contribution is 2.24. The number of alkyl halides is 3. The average molecular weight is 384 g/mol. The van der Waals surface area contributed by atoms with Crippen LogP contribution in [-0.2, 0) is 16.1 Å². The molecule has 2 aliphatic rings. The monoisotopic (exact) mass is 384 g/mol. The molecule has 0 N–H and O–H groups in total. The molecule has 8 heteroatoms. The fraction of sp³-hybridized carbons (Fsp3) is 0.579. The molecule has 0 unspecified atom stereocenters. The summed E-state index contributed by atoms with van der Waals surface area (Å²) in [4.78, 5) is 27.2. The SMILES string of the molecule is O=C1CCCN1Cc1cccc(C(=O)N(CC(F)(F)F)[C@@H]2CCCOC2)c1. The van der Waals surface area contributed by atoms with E-state index in [9.17, 15) is 22.8 Å². The van der Waals surface area contributed by atoms with Crippen LogP contribution < -0.4 is 0 Å². The van der Waals surface area contributed by atoms with Gasteiger partial charge in [-0.25, -0.2) is 0 Å². The summed E-state index contributed by atoms with van der Waals surface area (Å²) in [5.41, 5.74) is 0.942. The topological polar surface area (TPSA) is 49.9 Å². The highest BCUT2D eigenvalue weighted by atomic mass is 19.4. The first-order valence-electron chi connectivity index (χ1n) is 9.16. The van der Waals surface area contributed by atoms with Crippen LogP contribution in [0.15, 0.2) is 24.3 Å². The number of amides is 2. The number of hydrogen-bond acceptors (Lipinski definition) is 3. The molecule has 0 spiro atoms. The van der Waals surface area contributed by atoms with Crippen LogP contribution in [0.5, 0.6) is 0 Å². The highest BCUT2D eigenvalue weighted by Gasteiger charge is 2.37. The first kappa shape index (κ1) is 19.7. The van der Waals surface area contributed by atoms with Gasteiger partial charge in [0.1, 0.15) is 6.54 Å². The third kappa shape index (κ3) is 5.22. The summed E-state index contributed by atoms with van der Waals surface area (Å²) in [6.45, 7) is 0.352. The molecule has 0 bridgehead atoms. The lowest BCUT2D eigenvalue weighted by molar-refractivity contribution is -0.148. The second-order valence-electron chi connectivity index (χ2n) is 7.04. The van der Waals surface area contributed by atoms with Crippen molar-refractivity contribution in [2.45, 2.75) is 44.4 Å². The second kappa shape index (κ2) is 8.29. The second-order valence-corrected chi connectivity index (χ2v) is 7.04. The molecular formula is C19H23F3N2O3. The Kier molecular flexibility index (Phi) is 6.04. The van der Waals surface area contributed by atoms with Gasteiger partial charge in [-0.3, -0.25) is 9.59 Å². The van der Waals surface area contributed by atoms with Crippen molar-refractivity contribution < 1.29 is 27.5 Å². The maximum Gasteiger partial charge on any atom is 0.406 e. The van der Waals surface area contributed by atoms with E-state index in [-0.39, 0.29) is 18.1 Å². The van der Waals surface area contributed by atoms with E-state index < -0.39 is 24.7 Å². The minimum atomic E-state index is -4.48. The molecule has 2 heterocycles. The van der Waals surface area contributed by atoms with Gasteiger partial charge in [-0.1, -0.05) is 12.1 Å². The van der Waals surface area contributed by atoms with Gasteiger partial charge >= 0.3 is 6.18 Å². The fourth-order valence-electron chi connectivity index (χ4n) is 3.59. The Labute approximate surface area is 156 Å². The maximum absolute atomic E-state index is 13.1. The predicted octanol–water partition coefficient (Wildman–Crippen LogP) is 2.99. The minimum absolute atomic E-state index is 0.0600. The standard InChI is InChI=1S/C19H23F3N2O3/c20-19(21,22)13-24(16-6-3-9-27-12-16)18(26)15-5-1-4-14(10-15)11-23-8-2-7-17(23)25/h1,4-5,10,16H,2-3,6-9,11-13H2/t16-/m1/s1. The molecule has 2 amide bonds. The number of benzene rings is 1. The van der Waals surface area contributed by atoms with E-state index in [1.165, 1.54) is 6.07 Å². The molecular weight excluding hydrogens is 361 g/mol. The van der Waals surface area contributed by atoms with E-state index in [4.69, 9.17) is 4.74 Å². The lowest BCUT2D eigenvalue weighted by atomic mass is 10.0. The van der Waals surface area contributed by atoms with E-state index in [1.54, 1.807) is 23.1 Å². The summed E-state index contributed by atoms with van der Waals surface area (Å²) in [5.74, 6) is -0.595. The predicted molar refractivity (Wildman–Crippen MR) is 92.0 cm³/mol. The molecule has 1 atom stereocenters. The number of hydrogen-bond donors (Lipinski definition) is 0. The van der Waals surface area contributed by atoms with Crippen molar-refractivity contribution in [2.75, 3.05) is 26.3 Å². The Balaban J connectivity index is 1.78. The van der Waals surface area contributed by atoms with Crippen LogP contribution in [0.3, 0.4) is 0 Å². The first-order valence-corrected chi connectivity index (χ1v) is 9.16. The van der Waals surface area contributed by atoms with Gasteiger partial charge in [0.15, 0.2) is 0 Å². The van der Waals surface area contributed by atoms with Crippen LogP contribution >= 0.6 is 0 Å². The van der Waals surface area contributed by atoms with Crippen molar-refractivity contribution in [1.29, 1.82) is 0 Å². The number of likely N-dealkylation sites (tertiary alicyclic amines) is 1. The van der Waals surface area contributed by atoms with Crippen LogP contribution in [0.1, 0.15) is 41.6 Å². The molecule has 0 radical (unpaired) electrons. The number of ether oxygens (including phenoxy) is 1. The minimum Gasteiger partial charge on any atom is -0.379 e. The van der Waals surface area contributed by atoms with Crippen molar-refractivity contribution in [3.05, 3.63) is 35.4 Å². The molecule has 148 valence electrons. The van der Waals surface area contributed by atoms with Crippen LogP contribution in [0.4, 0.5) is 13.2 Å². The van der Waals surface area contributed by atoms with Gasteiger partial charge in [-0.2, -0.15) is 13.2 Å². The molecule has 5 nitrogen and oxygen atoms in total. The molecule has 27 heavy (non-hydrogen) atoms. The van der Waals surface area contributed by atoms with Crippen molar-refractivity contribution in [3.8, 4) is 0 Å². The quantitative estimate of drug-likeness (QED) is 0.784. The Morgan fingerprint density at radius 1 is 1.30 bits per heavy atom. The lowest BCUT2D eigenvalue weighted by Crippen LogP contribution is -2.49. The number of carbonyl (C=O) groups excluding carboxylic acids is 2. The number of rotatable bonds is 5. The smallest absolute Gasteiger partial charge is 0.379 e. The zero-order valence-corrected chi connectivity index (χ0v) is 15.0. The Hall–Kier alpha value is -2.09. The van der Waals surface area contributed by atoms with Crippen LogP contribution in [0, 0.1) is 0 Å². The zero-order valence-electron chi connectivity index (χ0n) is 15.0. The summed E-state index contributed by atoms with van der Waals surface area (Å²) < 4.78 is 44.4. The summed E-state index contributed by atoms with van der Waals surface area (Å²) in [6, 6.07) is 5.94. The molecule has 2 fully saturated rings. The van der Waals surface area contributed by atoms with Gasteiger partial charge in [0, 0.05) is 31.7 Å². The van der Waals surface area contributed by atoms with E-state index in [0.29, 0.717) is 39.0 Å². The van der Waals surface area contributed by atoms with E-state index in [2.05, 4.69) is 0 Å². The van der Waals surface area contributed by atoms with Crippen LogP contribution in [0.25, 0.3) is 0 Å². The summed E-state index contributed by atoms with van der Waals surface area (Å²) >= 11 is 0. The van der Waals surface area contributed by atoms with Gasteiger partial charge in [0.2, 0.25) is 5.91 Å². The Bertz CT molecular complexity index is 687. The van der Waals surface area contributed by atoms with Gasteiger partial charge < -0.3 is 14.5 Å². The van der Waals surface area contributed by atoms with Crippen molar-refractivity contribution >= 4 is 11.8 Å². The fourth-order valence-corrected chi connectivity index (χ4v) is 3.59. The zero-order chi connectivity index (χ0) is 19.4. The number of nitrogens with zero attached hydrogens (tertiary/aromatic N) is 2. The molecule has 2 saturated heterocycles. The third-order valence-corrected chi connectivity index (χ3v) is 4.91. The van der Waals surface area contributed by atoms with Crippen LogP contribution in [-0.4, -0.2) is 60.1 Å². The Morgan fingerprint density at radius 2 is 2.11 bits per heavy atom. The normalized spacial score (nSPS) is 20.8. The van der Waals surface area contributed by atoms with Gasteiger partial charge in [-0.15, -0.1) is 0 Å². The number of halogens is 3. The number of carbonyl (C=O) groups is 2. The van der Waals surface area contributed by atoms with Crippen molar-refractivity contribution in [1.82, 2.24) is 9.80 Å². The molecule has 0 aromatic heterocycles. The highest BCUT2D eigenvalue weighted by molar-refractivity contribution is 5.94. The summed E-state index contributed by atoms with van der Waals surface area (Å²) in [6.07, 6.45) is -2.04.